The van der Waals surface area contributed by atoms with E-state index >= 15 is 0 Å². The summed E-state index contributed by atoms with van der Waals surface area (Å²) >= 11 is 0. The van der Waals surface area contributed by atoms with Crippen LogP contribution in [0.25, 0.3) is 0 Å². The van der Waals surface area contributed by atoms with Gasteiger partial charge in [-0.15, -0.1) is 0 Å². The zero-order valence-electron chi connectivity index (χ0n) is 10.2. The Kier molecular flexibility index (Phi) is 3.81. The lowest BCUT2D eigenvalue weighted by molar-refractivity contribution is 0.291. The summed E-state index contributed by atoms with van der Waals surface area (Å²) in [6.45, 7) is 5.22. The Bertz CT molecular complexity index is 207. The van der Waals surface area contributed by atoms with Gasteiger partial charge in [0.1, 0.15) is 0 Å². The molecule has 2 rings (SSSR count). The molecule has 15 heavy (non-hydrogen) atoms. The third kappa shape index (κ3) is 3.05. The highest BCUT2D eigenvalue weighted by atomic mass is 15.2. The van der Waals surface area contributed by atoms with Gasteiger partial charge in [0.25, 0.3) is 0 Å². The van der Waals surface area contributed by atoms with Crippen molar-refractivity contribution in [1.82, 2.24) is 9.80 Å². The Labute approximate surface area is 93.9 Å². The Morgan fingerprint density at radius 3 is 2.27 bits per heavy atom. The van der Waals surface area contributed by atoms with Crippen molar-refractivity contribution in [2.24, 2.45) is 11.8 Å². The molecule has 2 atom stereocenters. The summed E-state index contributed by atoms with van der Waals surface area (Å²) in [7, 11) is 4.32. The molecule has 0 N–H and O–H groups in total. The van der Waals surface area contributed by atoms with Gasteiger partial charge >= 0.3 is 0 Å². The van der Waals surface area contributed by atoms with Gasteiger partial charge in [0.15, 0.2) is 0 Å². The summed E-state index contributed by atoms with van der Waals surface area (Å²) in [5.41, 5.74) is 0. The fraction of sp³-hybridized carbons (Fsp3) is 0.846. The van der Waals surface area contributed by atoms with Gasteiger partial charge in [0.2, 0.25) is 0 Å². The van der Waals surface area contributed by atoms with E-state index in [0.717, 1.165) is 11.8 Å². The van der Waals surface area contributed by atoms with E-state index in [1.807, 2.05) is 0 Å². The maximum absolute atomic E-state index is 2.67. The fourth-order valence-corrected chi connectivity index (χ4v) is 2.91. The van der Waals surface area contributed by atoms with Crippen LogP contribution in [0.15, 0.2) is 12.2 Å². The molecule has 1 aliphatic carbocycles. The number of likely N-dealkylation sites (tertiary alicyclic amines) is 1. The van der Waals surface area contributed by atoms with Crippen molar-refractivity contribution < 1.29 is 0 Å². The van der Waals surface area contributed by atoms with E-state index < -0.39 is 0 Å². The van der Waals surface area contributed by atoms with Gasteiger partial charge in [-0.1, -0.05) is 12.2 Å². The minimum atomic E-state index is 0.967. The summed E-state index contributed by atoms with van der Waals surface area (Å²) in [5, 5.41) is 0. The third-order valence-electron chi connectivity index (χ3n) is 3.78. The molecule has 1 heterocycles. The van der Waals surface area contributed by atoms with Crippen molar-refractivity contribution >= 4 is 0 Å². The number of fused-ring (bicyclic) bond motifs is 1. The molecule has 0 saturated carbocycles. The van der Waals surface area contributed by atoms with Crippen LogP contribution in [-0.2, 0) is 0 Å². The van der Waals surface area contributed by atoms with Crippen molar-refractivity contribution in [1.29, 1.82) is 0 Å². The molecule has 2 nitrogen and oxygen atoms in total. The molecule has 0 aromatic heterocycles. The Balaban J connectivity index is 1.69. The van der Waals surface area contributed by atoms with Crippen molar-refractivity contribution in [3.8, 4) is 0 Å². The largest absolute Gasteiger partial charge is 0.309 e. The average Bonchev–Trinajstić information content (AvgIpc) is 2.59. The van der Waals surface area contributed by atoms with Gasteiger partial charge in [-0.2, -0.15) is 0 Å². The number of hydrogen-bond donors (Lipinski definition) is 0. The molecule has 2 heteroatoms. The minimum Gasteiger partial charge on any atom is -0.309 e. The zero-order chi connectivity index (χ0) is 10.7. The first-order valence-corrected chi connectivity index (χ1v) is 6.28. The van der Waals surface area contributed by atoms with Crippen LogP contribution < -0.4 is 0 Å². The van der Waals surface area contributed by atoms with Gasteiger partial charge in [-0.25, -0.2) is 0 Å². The van der Waals surface area contributed by atoms with Gasteiger partial charge in [0.05, 0.1) is 0 Å². The summed E-state index contributed by atoms with van der Waals surface area (Å²) in [6, 6.07) is 0. The van der Waals surface area contributed by atoms with E-state index in [1.54, 1.807) is 0 Å². The second-order valence-corrected chi connectivity index (χ2v) is 5.38. The first-order valence-electron chi connectivity index (χ1n) is 6.28. The minimum absolute atomic E-state index is 0.967. The fourth-order valence-electron chi connectivity index (χ4n) is 2.91. The summed E-state index contributed by atoms with van der Waals surface area (Å²) < 4.78 is 0. The molecule has 0 spiro atoms. The normalized spacial score (nSPS) is 31.1. The average molecular weight is 208 g/mol. The second-order valence-electron chi connectivity index (χ2n) is 5.38. The number of allylic oxidation sites excluding steroid dienone is 2. The van der Waals surface area contributed by atoms with E-state index in [-0.39, 0.29) is 0 Å². The van der Waals surface area contributed by atoms with Crippen molar-refractivity contribution in [3.63, 3.8) is 0 Å². The Hall–Kier alpha value is -0.340. The predicted molar refractivity (Wildman–Crippen MR) is 65.0 cm³/mol. The summed E-state index contributed by atoms with van der Waals surface area (Å²) in [6.07, 6.45) is 8.73. The number of rotatable bonds is 4. The van der Waals surface area contributed by atoms with Crippen LogP contribution in [0.1, 0.15) is 19.3 Å². The molecule has 0 amide bonds. The number of hydrogen-bond acceptors (Lipinski definition) is 2. The first-order chi connectivity index (χ1) is 7.25. The van der Waals surface area contributed by atoms with Crippen LogP contribution >= 0.6 is 0 Å². The highest BCUT2D eigenvalue weighted by Crippen LogP contribution is 2.32. The van der Waals surface area contributed by atoms with Gasteiger partial charge in [0, 0.05) is 13.1 Å². The van der Waals surface area contributed by atoms with E-state index in [2.05, 4.69) is 36.0 Å². The molecule has 1 saturated heterocycles. The molecule has 0 aromatic carbocycles. The van der Waals surface area contributed by atoms with Crippen LogP contribution in [0.3, 0.4) is 0 Å². The van der Waals surface area contributed by atoms with Crippen LogP contribution in [0.2, 0.25) is 0 Å². The molecular formula is C13H24N2. The second kappa shape index (κ2) is 5.13. The Morgan fingerprint density at radius 1 is 1.13 bits per heavy atom. The van der Waals surface area contributed by atoms with Crippen LogP contribution in [0.4, 0.5) is 0 Å². The summed E-state index contributed by atoms with van der Waals surface area (Å²) in [4.78, 5) is 4.95. The smallest absolute Gasteiger partial charge is 0.00160 e. The highest BCUT2D eigenvalue weighted by Gasteiger charge is 2.31. The lowest BCUT2D eigenvalue weighted by Gasteiger charge is -2.18. The van der Waals surface area contributed by atoms with Crippen molar-refractivity contribution in [2.75, 3.05) is 40.3 Å². The van der Waals surface area contributed by atoms with Crippen molar-refractivity contribution in [2.45, 2.75) is 19.3 Å². The predicted octanol–water partition coefficient (Wildman–Crippen LogP) is 1.84. The first kappa shape index (κ1) is 11.2. The lowest BCUT2D eigenvalue weighted by atomic mass is 9.86. The van der Waals surface area contributed by atoms with E-state index in [1.165, 1.54) is 45.4 Å². The molecule has 1 fully saturated rings. The van der Waals surface area contributed by atoms with Crippen LogP contribution in [-0.4, -0.2) is 50.1 Å². The Morgan fingerprint density at radius 2 is 1.73 bits per heavy atom. The third-order valence-corrected chi connectivity index (χ3v) is 3.78. The summed E-state index contributed by atoms with van der Waals surface area (Å²) in [5.74, 6) is 1.93. The monoisotopic (exact) mass is 208 g/mol. The van der Waals surface area contributed by atoms with Gasteiger partial charge < -0.3 is 9.80 Å². The maximum Gasteiger partial charge on any atom is 0.00160 e. The van der Waals surface area contributed by atoms with E-state index in [9.17, 15) is 0 Å². The highest BCUT2D eigenvalue weighted by molar-refractivity contribution is 4.99. The van der Waals surface area contributed by atoms with Gasteiger partial charge in [-0.3, -0.25) is 0 Å². The van der Waals surface area contributed by atoms with E-state index in [4.69, 9.17) is 0 Å². The van der Waals surface area contributed by atoms with Crippen molar-refractivity contribution in [3.05, 3.63) is 12.2 Å². The molecular weight excluding hydrogens is 184 g/mol. The quantitative estimate of drug-likeness (QED) is 0.650. The molecule has 2 unspecified atom stereocenters. The van der Waals surface area contributed by atoms with E-state index in [0.29, 0.717) is 0 Å². The van der Waals surface area contributed by atoms with Gasteiger partial charge in [-0.05, 0) is 58.3 Å². The molecule has 86 valence electrons. The SMILES string of the molecule is CN(C)CCCN1CC2CC=CCC2C1. The number of nitrogens with zero attached hydrogens (tertiary/aromatic N) is 2. The molecule has 1 aliphatic heterocycles. The standard InChI is InChI=1S/C13H24N2/c1-14(2)8-5-9-15-10-12-6-3-4-7-13(12)11-15/h3-4,12-13H,5-11H2,1-2H3. The lowest BCUT2D eigenvalue weighted by Crippen LogP contribution is -2.25. The molecule has 0 bridgehead atoms. The zero-order valence-corrected chi connectivity index (χ0v) is 10.2. The topological polar surface area (TPSA) is 6.48 Å². The molecule has 0 aromatic rings. The molecule has 2 aliphatic rings. The maximum atomic E-state index is 2.67. The van der Waals surface area contributed by atoms with Crippen LogP contribution in [0, 0.1) is 11.8 Å². The molecule has 0 radical (unpaired) electrons. The van der Waals surface area contributed by atoms with Crippen LogP contribution in [0.5, 0.6) is 0 Å².